The molecule has 0 radical (unpaired) electrons. The van der Waals surface area contributed by atoms with Crippen LogP contribution in [-0.4, -0.2) is 22.7 Å². The molecule has 1 heterocycles. The van der Waals surface area contributed by atoms with Gasteiger partial charge in [0, 0.05) is 22.8 Å². The van der Waals surface area contributed by atoms with E-state index in [9.17, 15) is 10.1 Å². The van der Waals surface area contributed by atoms with Gasteiger partial charge in [-0.1, -0.05) is 41.4 Å². The van der Waals surface area contributed by atoms with Gasteiger partial charge in [0.2, 0.25) is 5.82 Å². The van der Waals surface area contributed by atoms with E-state index in [4.69, 9.17) is 32.7 Å². The van der Waals surface area contributed by atoms with Crippen LogP contribution in [0.2, 0.25) is 10.0 Å². The Morgan fingerprint density at radius 1 is 1.16 bits per heavy atom. The Morgan fingerprint density at radius 3 is 2.71 bits per heavy atom. The fourth-order valence-electron chi connectivity index (χ4n) is 2.63. The molecule has 1 aromatic heterocycles. The first kappa shape index (κ1) is 22.3. The molecule has 0 saturated heterocycles. The van der Waals surface area contributed by atoms with Crippen molar-refractivity contribution >= 4 is 40.9 Å². The lowest BCUT2D eigenvalue weighted by molar-refractivity contribution is -0.384. The highest BCUT2D eigenvalue weighted by Crippen LogP contribution is 2.37. The van der Waals surface area contributed by atoms with Gasteiger partial charge in [-0.05, 0) is 36.8 Å². The number of hydrogen-bond donors (Lipinski definition) is 1. The number of ether oxygens (including phenoxy) is 2. The van der Waals surface area contributed by atoms with Crippen LogP contribution in [0, 0.1) is 10.1 Å². The van der Waals surface area contributed by atoms with E-state index in [-0.39, 0.29) is 18.1 Å². The summed E-state index contributed by atoms with van der Waals surface area (Å²) in [6.45, 7) is 2.46. The second kappa shape index (κ2) is 10.6. The zero-order valence-corrected chi connectivity index (χ0v) is 17.9. The van der Waals surface area contributed by atoms with E-state index in [0.717, 1.165) is 5.56 Å². The lowest BCUT2D eigenvalue weighted by Gasteiger charge is -2.15. The molecule has 0 fully saturated rings. The highest BCUT2D eigenvalue weighted by molar-refractivity contribution is 6.32. The van der Waals surface area contributed by atoms with Gasteiger partial charge in [-0.15, -0.1) is 0 Å². The molecule has 0 atom stereocenters. The summed E-state index contributed by atoms with van der Waals surface area (Å²) in [5, 5.41) is 16.0. The van der Waals surface area contributed by atoms with E-state index >= 15 is 0 Å². The Kier molecular flexibility index (Phi) is 7.64. The number of hydrazone groups is 1. The van der Waals surface area contributed by atoms with Crippen LogP contribution in [-0.2, 0) is 6.61 Å². The highest BCUT2D eigenvalue weighted by Gasteiger charge is 2.15. The quantitative estimate of drug-likeness (QED) is 0.249. The molecule has 0 aliphatic carbocycles. The molecule has 0 amide bonds. The van der Waals surface area contributed by atoms with Gasteiger partial charge in [-0.3, -0.25) is 15.5 Å². The molecule has 160 valence electrons. The monoisotopic (exact) mass is 460 g/mol. The molecule has 10 heteroatoms. The number of aromatic nitrogens is 1. The van der Waals surface area contributed by atoms with Crippen molar-refractivity contribution in [3.05, 3.63) is 86.0 Å². The Balaban J connectivity index is 1.79. The van der Waals surface area contributed by atoms with E-state index in [2.05, 4.69) is 15.5 Å². The number of benzene rings is 2. The van der Waals surface area contributed by atoms with E-state index in [1.807, 2.05) is 25.1 Å². The fourth-order valence-corrected chi connectivity index (χ4v) is 3.09. The van der Waals surface area contributed by atoms with Gasteiger partial charge in [0.1, 0.15) is 6.61 Å². The Hall–Kier alpha value is -3.36. The van der Waals surface area contributed by atoms with Gasteiger partial charge in [0.25, 0.3) is 0 Å². The van der Waals surface area contributed by atoms with Crippen molar-refractivity contribution < 1.29 is 14.4 Å². The normalized spacial score (nSPS) is 10.8. The maximum Gasteiger partial charge on any atom is 0.313 e. The minimum atomic E-state index is -0.542. The minimum absolute atomic E-state index is 0.0274. The number of nitrogens with one attached hydrogen (secondary N) is 1. The van der Waals surface area contributed by atoms with E-state index < -0.39 is 4.92 Å². The average molecular weight is 461 g/mol. The predicted molar refractivity (Wildman–Crippen MR) is 121 cm³/mol. The standard InChI is InChI=1S/C21H18Cl2N4O4/c1-2-30-19-11-14(12-25-26-21-18(27(28)29)8-5-9-24-21)10-17(23)20(19)31-13-15-6-3-4-7-16(15)22/h3-12H,2,13H2,1H3,(H,24,26)/b25-12-. The Bertz CT molecular complexity index is 1110. The van der Waals surface area contributed by atoms with Gasteiger partial charge in [-0.2, -0.15) is 5.10 Å². The van der Waals surface area contributed by atoms with Crippen molar-refractivity contribution in [3.63, 3.8) is 0 Å². The summed E-state index contributed by atoms with van der Waals surface area (Å²) in [6.07, 6.45) is 2.88. The summed E-state index contributed by atoms with van der Waals surface area (Å²) in [4.78, 5) is 14.4. The van der Waals surface area contributed by atoms with Crippen LogP contribution in [0.15, 0.2) is 59.8 Å². The molecule has 3 rings (SSSR count). The Morgan fingerprint density at radius 2 is 1.97 bits per heavy atom. The van der Waals surface area contributed by atoms with Gasteiger partial charge >= 0.3 is 5.69 Å². The minimum Gasteiger partial charge on any atom is -0.490 e. The van der Waals surface area contributed by atoms with E-state index in [1.165, 1.54) is 24.5 Å². The summed E-state index contributed by atoms with van der Waals surface area (Å²) < 4.78 is 11.5. The first-order chi connectivity index (χ1) is 15.0. The zero-order valence-electron chi connectivity index (χ0n) is 16.4. The van der Waals surface area contributed by atoms with Crippen LogP contribution in [0.1, 0.15) is 18.1 Å². The molecule has 8 nitrogen and oxygen atoms in total. The SMILES string of the molecule is CCOc1cc(/C=N\Nc2ncccc2[N+](=O)[O-])cc(Cl)c1OCc1ccccc1Cl. The maximum absolute atomic E-state index is 11.1. The molecule has 0 aliphatic heterocycles. The molecule has 1 N–H and O–H groups in total. The third kappa shape index (κ3) is 5.84. The second-order valence-corrected chi connectivity index (χ2v) is 6.96. The summed E-state index contributed by atoms with van der Waals surface area (Å²) in [7, 11) is 0. The fraction of sp³-hybridized carbons (Fsp3) is 0.143. The summed E-state index contributed by atoms with van der Waals surface area (Å²) >= 11 is 12.6. The second-order valence-electron chi connectivity index (χ2n) is 6.14. The average Bonchev–Trinajstić information content (AvgIpc) is 2.75. The molecule has 0 unspecified atom stereocenters. The van der Waals surface area contributed by atoms with Crippen LogP contribution >= 0.6 is 23.2 Å². The van der Waals surface area contributed by atoms with Gasteiger partial charge < -0.3 is 9.47 Å². The lowest BCUT2D eigenvalue weighted by atomic mass is 10.2. The van der Waals surface area contributed by atoms with Crippen molar-refractivity contribution in [2.24, 2.45) is 5.10 Å². The molecule has 0 aliphatic rings. The summed E-state index contributed by atoms with van der Waals surface area (Å²) in [6, 6.07) is 13.5. The molecule has 3 aromatic rings. The molecule has 0 bridgehead atoms. The number of hydrogen-bond acceptors (Lipinski definition) is 7. The first-order valence-electron chi connectivity index (χ1n) is 9.20. The molecule has 0 saturated carbocycles. The van der Waals surface area contributed by atoms with E-state index in [0.29, 0.717) is 33.7 Å². The smallest absolute Gasteiger partial charge is 0.313 e. The van der Waals surface area contributed by atoms with Gasteiger partial charge in [0.05, 0.1) is 22.8 Å². The van der Waals surface area contributed by atoms with Crippen LogP contribution in [0.3, 0.4) is 0 Å². The van der Waals surface area contributed by atoms with Crippen molar-refractivity contribution in [2.45, 2.75) is 13.5 Å². The van der Waals surface area contributed by atoms with Crippen molar-refractivity contribution in [1.29, 1.82) is 0 Å². The maximum atomic E-state index is 11.1. The number of nitrogens with zero attached hydrogens (tertiary/aromatic N) is 3. The largest absolute Gasteiger partial charge is 0.490 e. The van der Waals surface area contributed by atoms with Crippen LogP contribution < -0.4 is 14.9 Å². The van der Waals surface area contributed by atoms with Crippen LogP contribution in [0.5, 0.6) is 11.5 Å². The lowest BCUT2D eigenvalue weighted by Crippen LogP contribution is -2.02. The number of rotatable bonds is 9. The number of pyridine rings is 1. The van der Waals surface area contributed by atoms with Crippen molar-refractivity contribution in [3.8, 4) is 11.5 Å². The first-order valence-corrected chi connectivity index (χ1v) is 9.96. The third-order valence-electron chi connectivity index (χ3n) is 4.03. The van der Waals surface area contributed by atoms with Crippen LogP contribution in [0.4, 0.5) is 11.5 Å². The number of halogens is 2. The topological polar surface area (TPSA) is 98.9 Å². The number of anilines is 1. The van der Waals surface area contributed by atoms with Crippen molar-refractivity contribution in [2.75, 3.05) is 12.0 Å². The predicted octanol–water partition coefficient (Wildman–Crippen LogP) is 5.72. The van der Waals surface area contributed by atoms with Crippen molar-refractivity contribution in [1.82, 2.24) is 4.98 Å². The third-order valence-corrected chi connectivity index (χ3v) is 4.68. The summed E-state index contributed by atoms with van der Waals surface area (Å²) in [5.74, 6) is 0.848. The molecular weight excluding hydrogens is 443 g/mol. The van der Waals surface area contributed by atoms with E-state index in [1.54, 1.807) is 18.2 Å². The van der Waals surface area contributed by atoms with Gasteiger partial charge in [-0.25, -0.2) is 4.98 Å². The summed E-state index contributed by atoms with van der Waals surface area (Å²) in [5.41, 5.74) is 3.80. The Labute approximate surface area is 188 Å². The molecule has 31 heavy (non-hydrogen) atoms. The van der Waals surface area contributed by atoms with Crippen LogP contribution in [0.25, 0.3) is 0 Å². The zero-order chi connectivity index (χ0) is 22.2. The molecule has 0 spiro atoms. The van der Waals surface area contributed by atoms with Gasteiger partial charge in [0.15, 0.2) is 11.5 Å². The molecular formula is C21H18Cl2N4O4. The molecule has 2 aromatic carbocycles. The highest BCUT2D eigenvalue weighted by atomic mass is 35.5. The number of nitro groups is 1.